The molecule has 16 N–H and O–H groups in total. The highest BCUT2D eigenvalue weighted by molar-refractivity contribution is 7.17. The first kappa shape index (κ1) is 73.9. The number of nitrogens with two attached hydrogens (primary N) is 2. The number of aliphatic hydroxyl groups excluding tert-OH is 6. The van der Waals surface area contributed by atoms with Crippen LogP contribution in [0.15, 0.2) is 66.7 Å². The molecule has 4 aromatic rings. The number of anilines is 1. The van der Waals surface area contributed by atoms with Crippen LogP contribution in [0.3, 0.4) is 0 Å². The monoisotopic (exact) mass is 1330 g/mol. The molecule has 4 saturated heterocycles. The van der Waals surface area contributed by atoms with E-state index in [1.807, 2.05) is 12.1 Å². The van der Waals surface area contributed by atoms with Crippen LogP contribution in [0, 0.1) is 11.8 Å². The summed E-state index contributed by atoms with van der Waals surface area (Å²) in [6.07, 6.45) is -7.82. The zero-order valence-corrected chi connectivity index (χ0v) is 53.2. The lowest BCUT2D eigenvalue weighted by Crippen LogP contribution is -2.64. The largest absolute Gasteiger partial charge is 0.504 e. The average Bonchev–Trinajstić information content (AvgIpc) is 1.62. The molecule has 0 radical (unpaired) electrons. The van der Waals surface area contributed by atoms with Gasteiger partial charge in [-0.1, -0.05) is 43.9 Å². The van der Waals surface area contributed by atoms with E-state index in [-0.39, 0.29) is 62.7 Å². The minimum atomic E-state index is -2.04. The first-order valence-corrected chi connectivity index (χ1v) is 32.3. The van der Waals surface area contributed by atoms with Crippen molar-refractivity contribution in [3.05, 3.63) is 77.9 Å². The van der Waals surface area contributed by atoms with Crippen molar-refractivity contribution < 1.29 is 83.5 Å². The predicted octanol–water partition coefficient (Wildman–Crippen LogP) is -1.49. The number of aliphatic hydroxyl groups is 6. The number of nitrogens with zero attached hydrogens (tertiary/aromatic N) is 5. The summed E-state index contributed by atoms with van der Waals surface area (Å²) in [4.78, 5) is 106. The lowest BCUT2D eigenvalue weighted by Gasteiger charge is -2.34. The van der Waals surface area contributed by atoms with E-state index in [0.717, 1.165) is 86.6 Å². The van der Waals surface area contributed by atoms with E-state index < -0.39 is 152 Å². The number of ether oxygens (including phenoxy) is 3. The summed E-state index contributed by atoms with van der Waals surface area (Å²) in [5.41, 5.74) is 14.3. The minimum Gasteiger partial charge on any atom is -0.504 e. The van der Waals surface area contributed by atoms with Crippen LogP contribution in [-0.4, -0.2) is 249 Å². The number of carbonyl (C=O) groups excluding carboxylic acids is 7. The number of phenols is 1. The smallest absolute Gasteiger partial charge is 0.251 e. The number of carbonyl (C=O) groups is 7. The van der Waals surface area contributed by atoms with Gasteiger partial charge in [0.25, 0.3) is 5.91 Å². The van der Waals surface area contributed by atoms with E-state index in [2.05, 4.69) is 53.8 Å². The summed E-state index contributed by atoms with van der Waals surface area (Å²) < 4.78 is 16.6. The van der Waals surface area contributed by atoms with E-state index in [4.69, 9.17) is 25.7 Å². The Kier molecular flexibility index (Phi) is 27.3. The van der Waals surface area contributed by atoms with Gasteiger partial charge in [0.05, 0.1) is 36.6 Å². The Balaban J connectivity index is 0.0000125. The number of hydrogen-bond acceptors (Lipinski definition) is 23. The maximum Gasteiger partial charge on any atom is 0.251 e. The molecule has 0 spiro atoms. The fraction of sp³-hybridized carbons (Fsp3) is 0.578. The van der Waals surface area contributed by atoms with Crippen molar-refractivity contribution in [2.45, 2.75) is 146 Å². The number of nitrogens with one attached hydrogen (secondary N) is 5. The quantitative estimate of drug-likeness (QED) is 0.0399. The SMILES string of the molecule is C.COCCCCOCC1CCN(c2ccc(-c3nnc(-c4ccc(C(=O)N[C@H]5C[C@@H](O)CNC(=O)[C@@H]6[C@@H](O)[C@@H](C)CN6C(=O)[C@H]([C@H](O)CCN)NC(=O)[C@H]([C@H](O)Cc6ccc(O)c(OCCN)c6)NC(=O)[C@@H]6C[C@@H](O)CN6C(=O)[C@H]([C@@H](C)O)NC5=O)cc4)s3)cc2)CC1. The van der Waals surface area contributed by atoms with Crippen LogP contribution in [0.5, 0.6) is 11.5 Å². The van der Waals surface area contributed by atoms with Gasteiger partial charge in [-0.05, 0) is 106 Å². The van der Waals surface area contributed by atoms with Crippen molar-refractivity contribution in [2.75, 3.05) is 84.3 Å². The molecule has 516 valence electrons. The molecule has 94 heavy (non-hydrogen) atoms. The van der Waals surface area contributed by atoms with Gasteiger partial charge < -0.3 is 103 Å². The van der Waals surface area contributed by atoms with Crippen molar-refractivity contribution in [2.24, 2.45) is 23.3 Å². The maximum absolute atomic E-state index is 14.7. The van der Waals surface area contributed by atoms with Gasteiger partial charge >= 0.3 is 0 Å². The Labute approximate surface area is 549 Å². The van der Waals surface area contributed by atoms with Gasteiger partial charge in [0.1, 0.15) is 52.9 Å². The summed E-state index contributed by atoms with van der Waals surface area (Å²) in [5.74, 6) is -8.13. The average molecular weight is 1330 g/mol. The van der Waals surface area contributed by atoms with Crippen molar-refractivity contribution in [3.63, 3.8) is 0 Å². The number of unbranched alkanes of at least 4 members (excludes halogenated alkanes) is 1. The van der Waals surface area contributed by atoms with Gasteiger partial charge in [0, 0.05) is 114 Å². The molecule has 4 aliphatic rings. The van der Waals surface area contributed by atoms with E-state index >= 15 is 0 Å². The van der Waals surface area contributed by atoms with Crippen LogP contribution >= 0.6 is 11.3 Å². The molecule has 29 nitrogen and oxygen atoms in total. The molecule has 0 unspecified atom stereocenters. The highest BCUT2D eigenvalue weighted by Gasteiger charge is 2.50. The third-order valence-electron chi connectivity index (χ3n) is 17.2. The van der Waals surface area contributed by atoms with Gasteiger partial charge in [0.15, 0.2) is 11.5 Å². The Hall–Kier alpha value is -7.49. The summed E-state index contributed by atoms with van der Waals surface area (Å²) in [5, 5.41) is 102. The Morgan fingerprint density at radius 1 is 0.745 bits per heavy atom. The van der Waals surface area contributed by atoms with E-state index in [0.29, 0.717) is 21.5 Å². The second-order valence-corrected chi connectivity index (χ2v) is 25.2. The van der Waals surface area contributed by atoms with Crippen LogP contribution in [-0.2, 0) is 44.7 Å². The molecule has 7 amide bonds. The van der Waals surface area contributed by atoms with Crippen molar-refractivity contribution in [1.82, 2.24) is 46.6 Å². The zero-order valence-electron chi connectivity index (χ0n) is 52.4. The van der Waals surface area contributed by atoms with E-state index in [9.17, 15) is 69.3 Å². The normalized spacial score (nSPS) is 25.5. The maximum atomic E-state index is 14.7. The lowest BCUT2D eigenvalue weighted by molar-refractivity contribution is -0.147. The number of fused-ring (bicyclic) bond motifs is 2. The van der Waals surface area contributed by atoms with Gasteiger partial charge in [-0.3, -0.25) is 33.6 Å². The minimum absolute atomic E-state index is 0. The van der Waals surface area contributed by atoms with Crippen LogP contribution < -0.4 is 47.7 Å². The van der Waals surface area contributed by atoms with E-state index in [1.165, 1.54) is 48.6 Å². The molecule has 0 aliphatic carbocycles. The molecular weight excluding hydrogens is 1240 g/mol. The van der Waals surface area contributed by atoms with Crippen LogP contribution in [0.2, 0.25) is 0 Å². The number of methoxy groups -OCH3 is 1. The van der Waals surface area contributed by atoms with Gasteiger partial charge in [0.2, 0.25) is 35.4 Å². The first-order chi connectivity index (χ1) is 44.6. The molecule has 0 bridgehead atoms. The third-order valence-corrected chi connectivity index (χ3v) is 18.2. The molecule has 5 heterocycles. The van der Waals surface area contributed by atoms with Crippen molar-refractivity contribution in [1.29, 1.82) is 0 Å². The summed E-state index contributed by atoms with van der Waals surface area (Å²) in [6.45, 7) is 5.15. The topological polar surface area (TPSA) is 436 Å². The summed E-state index contributed by atoms with van der Waals surface area (Å²) in [6, 6.07) is 7.39. The molecule has 30 heteroatoms. The number of rotatable bonds is 22. The number of aromatic nitrogens is 2. The molecular formula is C64H92N12O17S. The summed E-state index contributed by atoms with van der Waals surface area (Å²) >= 11 is 1.34. The number of piperidine rings is 1. The van der Waals surface area contributed by atoms with Gasteiger partial charge in [-0.2, -0.15) is 0 Å². The Bertz CT molecular complexity index is 3170. The number of hydrogen-bond donors (Lipinski definition) is 14. The second kappa shape index (κ2) is 34.8. The van der Waals surface area contributed by atoms with Gasteiger partial charge in [-0.15, -0.1) is 10.2 Å². The fourth-order valence-electron chi connectivity index (χ4n) is 11.9. The number of benzene rings is 3. The predicted molar refractivity (Wildman–Crippen MR) is 346 cm³/mol. The number of amides is 7. The van der Waals surface area contributed by atoms with Crippen LogP contribution in [0.1, 0.15) is 82.1 Å². The summed E-state index contributed by atoms with van der Waals surface area (Å²) in [7, 11) is 1.70. The second-order valence-electron chi connectivity index (χ2n) is 24.3. The fourth-order valence-corrected chi connectivity index (χ4v) is 12.8. The highest BCUT2D eigenvalue weighted by atomic mass is 32.1. The number of β-amino-alcohol motifs (C(OH)–C–C–N with tert-alkyl or cyclic N) is 1. The van der Waals surface area contributed by atoms with E-state index in [1.54, 1.807) is 19.2 Å². The molecule has 8 rings (SSSR count). The highest BCUT2D eigenvalue weighted by Crippen LogP contribution is 2.34. The van der Waals surface area contributed by atoms with Gasteiger partial charge in [-0.25, -0.2) is 0 Å². The molecule has 1 aromatic heterocycles. The molecule has 3 aromatic carbocycles. The molecule has 4 aliphatic heterocycles. The van der Waals surface area contributed by atoms with Crippen molar-refractivity contribution in [3.8, 4) is 32.6 Å². The van der Waals surface area contributed by atoms with Crippen LogP contribution in [0.4, 0.5) is 5.69 Å². The Morgan fingerprint density at radius 3 is 2.03 bits per heavy atom. The Morgan fingerprint density at radius 2 is 1.38 bits per heavy atom. The lowest BCUT2D eigenvalue weighted by atomic mass is 9.97. The van der Waals surface area contributed by atoms with Crippen LogP contribution in [0.25, 0.3) is 21.1 Å². The standard InChI is InChI=1S/C63H88N12O17S.CH4/c1-34-31-75-53(54(34)82)59(87)66-30-42(77)28-44(67-55(83)38-7-9-39(10-8-38)60-71-72-61(93-60)40-11-13-41(14-12-40)73-21-17-36(18-22-73)33-91-24-5-4-23-90-3)56(84)68-50(35(2)76)62(88)74-32-43(78)29-45(74)57(85)69-51(58(86)70-52(63(75)89)47(80)16-19-64)48(81)26-37-6-15-46(79)49(27-37)92-25-20-65;/h6-15,27,34-36,42-45,47-48,50-54,76-82H,4-5,16-26,28-33,64-65H2,1-3H3,(H,66,87)(H,67,83)(H,68,84)(H,69,85)(H,70,86);1H4/t34-,35+,42+,43+,44-,45-,47+,48+,50-,51-,52-,53-,54-;/m0./s1. The molecule has 13 atom stereocenters. The number of aromatic hydroxyl groups is 1. The first-order valence-electron chi connectivity index (χ1n) is 31.5. The third kappa shape index (κ3) is 18.9. The molecule has 4 fully saturated rings. The zero-order chi connectivity index (χ0) is 67.0. The van der Waals surface area contributed by atoms with Crippen molar-refractivity contribution >= 4 is 58.4 Å². The number of phenolic OH excluding ortho intramolecular Hbond substituents is 1. The molecule has 0 saturated carbocycles.